The number of anilines is 1. The molecular weight excluding hydrogens is 536 g/mol. The predicted octanol–water partition coefficient (Wildman–Crippen LogP) is 1.67. The Morgan fingerprint density at radius 2 is 2.23 bits per heavy atom. The fraction of sp³-hybridized carbons (Fsp3) is 0.450. The first kappa shape index (κ1) is 27.3. The number of amides is 2. The predicted molar refractivity (Wildman–Crippen MR) is 140 cm³/mol. The van der Waals surface area contributed by atoms with Crippen molar-refractivity contribution in [3.63, 3.8) is 0 Å². The Hall–Kier alpha value is -2.26. The molecule has 0 unspecified atom stereocenters. The molecule has 1 fully saturated rings. The average molecular weight is 561 g/mol. The number of aromatic nitrogens is 1. The maximum absolute atomic E-state index is 13.0. The summed E-state index contributed by atoms with van der Waals surface area (Å²) in [7, 11) is 3.95. The molecule has 4 N–H and O–H groups in total. The molecule has 0 bridgehead atoms. The molecule has 0 aliphatic carbocycles. The molecule has 0 radical (unpaired) electrons. The standard InChI is InChI=1S/C20H25ClN6O5S3/c1-4-32-25-12(11-15(21)35-20(22)24-11)16(28)23-13-17(29)27-14(19(30)31)10(9-34-18(13)27)5-7-33-8-6-26(2)3/h5,7,13,18H,4,6,8-9H2,1-3H3,(H2,22,24)(H,23,28)(H,30,31)/b7-5?,25-12-/t13-,18-/m1/s1. The lowest BCUT2D eigenvalue weighted by Gasteiger charge is -2.49. The Morgan fingerprint density at radius 1 is 1.49 bits per heavy atom. The normalized spacial score (nSPS) is 20.3. The van der Waals surface area contributed by atoms with Crippen LogP contribution in [0.1, 0.15) is 12.6 Å². The Labute approximate surface area is 219 Å². The Balaban J connectivity index is 1.75. The van der Waals surface area contributed by atoms with E-state index in [4.69, 9.17) is 22.2 Å². The van der Waals surface area contributed by atoms with Crippen LogP contribution in [0.15, 0.2) is 27.9 Å². The topological polar surface area (TPSA) is 150 Å². The summed E-state index contributed by atoms with van der Waals surface area (Å²) in [6, 6.07) is -0.941. The van der Waals surface area contributed by atoms with Gasteiger partial charge in [0.05, 0.1) is 0 Å². The molecular formula is C20H25ClN6O5S3. The number of fused-ring (bicyclic) bond motifs is 1. The summed E-state index contributed by atoms with van der Waals surface area (Å²) < 4.78 is 0.153. The molecule has 2 aliphatic heterocycles. The van der Waals surface area contributed by atoms with Gasteiger partial charge in [0.15, 0.2) is 10.8 Å². The number of halogens is 1. The van der Waals surface area contributed by atoms with Gasteiger partial charge in [-0.2, -0.15) is 0 Å². The molecule has 1 aromatic heterocycles. The van der Waals surface area contributed by atoms with E-state index in [9.17, 15) is 19.5 Å². The van der Waals surface area contributed by atoms with E-state index < -0.39 is 29.2 Å². The fourth-order valence-electron chi connectivity index (χ4n) is 3.20. The van der Waals surface area contributed by atoms with Gasteiger partial charge in [-0.05, 0) is 38.1 Å². The van der Waals surface area contributed by atoms with Gasteiger partial charge in [0.2, 0.25) is 0 Å². The quantitative estimate of drug-likeness (QED) is 0.158. The second kappa shape index (κ2) is 12.1. The molecule has 2 amide bonds. The first-order chi connectivity index (χ1) is 16.6. The van der Waals surface area contributed by atoms with E-state index in [0.29, 0.717) is 11.3 Å². The van der Waals surface area contributed by atoms with E-state index in [2.05, 4.69) is 20.4 Å². The van der Waals surface area contributed by atoms with Gasteiger partial charge in [0.1, 0.15) is 33.7 Å². The second-order valence-corrected chi connectivity index (χ2v) is 11.3. The van der Waals surface area contributed by atoms with Crippen molar-refractivity contribution in [2.45, 2.75) is 18.3 Å². The zero-order chi connectivity index (χ0) is 25.7. The number of carboxylic acid groups (broad SMARTS) is 1. The van der Waals surface area contributed by atoms with Crippen LogP contribution in [0.5, 0.6) is 0 Å². The summed E-state index contributed by atoms with van der Waals surface area (Å²) in [6.45, 7) is 2.77. The van der Waals surface area contributed by atoms with Crippen LogP contribution in [-0.4, -0.2) is 93.6 Å². The third-order valence-corrected chi connectivity index (χ3v) is 7.97. The highest BCUT2D eigenvalue weighted by Crippen LogP contribution is 2.41. The van der Waals surface area contributed by atoms with E-state index in [0.717, 1.165) is 23.6 Å². The van der Waals surface area contributed by atoms with Crippen LogP contribution < -0.4 is 11.1 Å². The molecule has 15 heteroatoms. The van der Waals surface area contributed by atoms with Crippen LogP contribution in [-0.2, 0) is 19.2 Å². The maximum Gasteiger partial charge on any atom is 0.352 e. The number of carbonyl (C=O) groups is 3. The number of hydrogen-bond acceptors (Lipinski definition) is 11. The number of carbonyl (C=O) groups excluding carboxylic acids is 2. The Kier molecular flexibility index (Phi) is 9.47. The summed E-state index contributed by atoms with van der Waals surface area (Å²) in [5, 5.41) is 17.6. The van der Waals surface area contributed by atoms with Gasteiger partial charge in [-0.15, -0.1) is 23.5 Å². The van der Waals surface area contributed by atoms with E-state index in [1.165, 1.54) is 16.7 Å². The van der Waals surface area contributed by atoms with Crippen molar-refractivity contribution in [2.24, 2.45) is 5.16 Å². The largest absolute Gasteiger partial charge is 0.477 e. The van der Waals surface area contributed by atoms with Crippen molar-refractivity contribution in [1.29, 1.82) is 0 Å². The maximum atomic E-state index is 13.0. The summed E-state index contributed by atoms with van der Waals surface area (Å²) in [5.41, 5.74) is 5.97. The Morgan fingerprint density at radius 3 is 2.83 bits per heavy atom. The van der Waals surface area contributed by atoms with E-state index >= 15 is 0 Å². The van der Waals surface area contributed by atoms with E-state index in [-0.39, 0.29) is 33.2 Å². The van der Waals surface area contributed by atoms with Crippen LogP contribution in [0.25, 0.3) is 0 Å². The minimum absolute atomic E-state index is 0.0466. The number of allylic oxidation sites excluding steroid dienone is 1. The molecule has 0 aromatic carbocycles. The summed E-state index contributed by atoms with van der Waals surface area (Å²) >= 11 is 10.0. The van der Waals surface area contributed by atoms with E-state index in [1.54, 1.807) is 24.8 Å². The lowest BCUT2D eigenvalue weighted by atomic mass is 10.0. The molecule has 1 aromatic rings. The molecule has 1 saturated heterocycles. The minimum Gasteiger partial charge on any atom is -0.477 e. The molecule has 2 aliphatic rings. The van der Waals surface area contributed by atoms with Crippen molar-refractivity contribution in [1.82, 2.24) is 20.1 Å². The third-order valence-electron chi connectivity index (χ3n) is 4.84. The van der Waals surface area contributed by atoms with Crippen molar-refractivity contribution < 1.29 is 24.3 Å². The number of carboxylic acids is 1. The van der Waals surface area contributed by atoms with Crippen molar-refractivity contribution >= 4 is 75.1 Å². The van der Waals surface area contributed by atoms with Gasteiger partial charge in [-0.3, -0.25) is 14.5 Å². The SMILES string of the molecule is CCO/N=C(\C(=O)N[C@@H]1C(=O)N2C(C(=O)O)=C(C=CSCCN(C)C)CS[C@H]12)c1nc(N)sc1Cl. The first-order valence-electron chi connectivity index (χ1n) is 10.4. The highest BCUT2D eigenvalue weighted by molar-refractivity contribution is 8.02. The van der Waals surface area contributed by atoms with E-state index in [1.807, 2.05) is 19.5 Å². The number of oxime groups is 1. The molecule has 3 heterocycles. The van der Waals surface area contributed by atoms with Crippen LogP contribution in [0, 0.1) is 0 Å². The van der Waals surface area contributed by atoms with Crippen LogP contribution in [0.3, 0.4) is 0 Å². The number of nitrogen functional groups attached to an aromatic ring is 1. The van der Waals surface area contributed by atoms with Gasteiger partial charge in [-0.1, -0.05) is 28.1 Å². The number of thiazole rings is 1. The zero-order valence-electron chi connectivity index (χ0n) is 19.2. The number of rotatable bonds is 11. The molecule has 0 spiro atoms. The second-order valence-electron chi connectivity index (χ2n) is 7.55. The highest BCUT2D eigenvalue weighted by Gasteiger charge is 2.54. The molecule has 35 heavy (non-hydrogen) atoms. The van der Waals surface area contributed by atoms with Crippen LogP contribution in [0.2, 0.25) is 4.34 Å². The van der Waals surface area contributed by atoms with Gasteiger partial charge >= 0.3 is 5.97 Å². The third kappa shape index (κ3) is 6.30. The van der Waals surface area contributed by atoms with Crippen molar-refractivity contribution in [2.75, 3.05) is 44.5 Å². The lowest BCUT2D eigenvalue weighted by molar-refractivity contribution is -0.150. The van der Waals surface area contributed by atoms with Gasteiger partial charge in [0, 0.05) is 18.1 Å². The number of aliphatic carboxylic acids is 1. The number of β-lactam (4-membered cyclic amide) rings is 1. The molecule has 0 saturated carbocycles. The van der Waals surface area contributed by atoms with Crippen LogP contribution >= 0.6 is 46.5 Å². The summed E-state index contributed by atoms with van der Waals surface area (Å²) in [6.07, 6.45) is 1.73. The number of nitrogens with zero attached hydrogens (tertiary/aromatic N) is 4. The average Bonchev–Trinajstić information content (AvgIpc) is 3.14. The van der Waals surface area contributed by atoms with Gasteiger partial charge < -0.3 is 25.9 Å². The van der Waals surface area contributed by atoms with Crippen LogP contribution in [0.4, 0.5) is 5.13 Å². The van der Waals surface area contributed by atoms with Gasteiger partial charge in [-0.25, -0.2) is 9.78 Å². The Bertz CT molecular complexity index is 1090. The smallest absolute Gasteiger partial charge is 0.352 e. The first-order valence-corrected chi connectivity index (χ1v) is 13.7. The number of thioether (sulfide) groups is 2. The number of nitrogens with one attached hydrogen (secondary N) is 1. The highest BCUT2D eigenvalue weighted by atomic mass is 35.5. The monoisotopic (exact) mass is 560 g/mol. The van der Waals surface area contributed by atoms with Gasteiger partial charge in [0.25, 0.3) is 11.8 Å². The summed E-state index contributed by atoms with van der Waals surface area (Å²) in [5.74, 6) is -1.23. The lowest BCUT2D eigenvalue weighted by Crippen LogP contribution is -2.71. The molecule has 3 rings (SSSR count). The number of hydrogen-bond donors (Lipinski definition) is 3. The zero-order valence-corrected chi connectivity index (χ0v) is 22.4. The fourth-order valence-corrected chi connectivity index (χ4v) is 6.31. The molecule has 190 valence electrons. The molecule has 11 nitrogen and oxygen atoms in total. The van der Waals surface area contributed by atoms with Crippen molar-refractivity contribution in [3.8, 4) is 0 Å². The number of nitrogens with two attached hydrogens (primary N) is 1. The molecule has 2 atom stereocenters. The summed E-state index contributed by atoms with van der Waals surface area (Å²) in [4.78, 5) is 50.2. The minimum atomic E-state index is -1.20. The van der Waals surface area contributed by atoms with Crippen molar-refractivity contribution in [3.05, 3.63) is 32.8 Å².